The molecule has 0 aliphatic carbocycles. The van der Waals surface area contributed by atoms with Crippen LogP contribution in [0.15, 0.2) is 10.9 Å². The van der Waals surface area contributed by atoms with Crippen molar-refractivity contribution in [3.63, 3.8) is 0 Å². The second-order valence-corrected chi connectivity index (χ2v) is 4.47. The van der Waals surface area contributed by atoms with E-state index in [-0.39, 0.29) is 5.69 Å². The van der Waals surface area contributed by atoms with Gasteiger partial charge in [-0.3, -0.25) is 0 Å². The molecule has 18 heavy (non-hydrogen) atoms. The lowest BCUT2D eigenvalue weighted by Crippen LogP contribution is -2.17. The third kappa shape index (κ3) is 2.51. The Bertz CT molecular complexity index is 587. The van der Waals surface area contributed by atoms with Crippen molar-refractivity contribution >= 4 is 11.5 Å². The third-order valence-corrected chi connectivity index (χ3v) is 2.86. The van der Waals surface area contributed by atoms with Crippen LogP contribution in [0.1, 0.15) is 19.2 Å². The van der Waals surface area contributed by atoms with Gasteiger partial charge in [0.25, 0.3) is 0 Å². The summed E-state index contributed by atoms with van der Waals surface area (Å²) in [4.78, 5) is 15.8. The van der Waals surface area contributed by atoms with Crippen LogP contribution < -0.4 is 16.7 Å². The van der Waals surface area contributed by atoms with Crippen LogP contribution in [0.3, 0.4) is 0 Å². The molecule has 0 fully saturated rings. The Kier molecular flexibility index (Phi) is 3.61. The zero-order valence-electron chi connectivity index (χ0n) is 10.6. The minimum Gasteiger partial charge on any atom is -0.370 e. The van der Waals surface area contributed by atoms with E-state index in [9.17, 15) is 4.79 Å². The minimum atomic E-state index is -0.266. The number of nitrogens with one attached hydrogen (secondary N) is 2. The lowest BCUT2D eigenvalue weighted by Gasteiger charge is -2.12. The lowest BCUT2D eigenvalue weighted by atomic mass is 10.1. The first-order chi connectivity index (χ1) is 8.61. The fourth-order valence-electron chi connectivity index (χ4n) is 1.85. The van der Waals surface area contributed by atoms with Gasteiger partial charge in [-0.15, -0.1) is 0 Å². The van der Waals surface area contributed by atoms with E-state index in [1.807, 2.05) is 0 Å². The van der Waals surface area contributed by atoms with Gasteiger partial charge in [-0.05, 0) is 25.8 Å². The van der Waals surface area contributed by atoms with Crippen LogP contribution >= 0.6 is 0 Å². The molecule has 7 heteroatoms. The summed E-state index contributed by atoms with van der Waals surface area (Å²) in [7, 11) is 0. The van der Waals surface area contributed by atoms with Crippen molar-refractivity contribution < 1.29 is 0 Å². The first-order valence-corrected chi connectivity index (χ1v) is 6.00. The molecule has 2 aromatic rings. The number of nitrogens with zero attached hydrogens (tertiary/aromatic N) is 3. The molecule has 98 valence electrons. The standard InChI is InChI=1S/C11H18N6O/c1-7(3-4-12)6-13-9-5-10-15-16-11(18)17(10)8(2)14-9/h5,7,13H,3-4,6,12H2,1-2H3,(H,16,18). The lowest BCUT2D eigenvalue weighted by molar-refractivity contribution is 0.567. The highest BCUT2D eigenvalue weighted by atomic mass is 16.1. The fraction of sp³-hybridized carbons (Fsp3) is 0.545. The van der Waals surface area contributed by atoms with Crippen molar-refractivity contribution in [1.82, 2.24) is 19.6 Å². The smallest absolute Gasteiger partial charge is 0.349 e. The highest BCUT2D eigenvalue weighted by Gasteiger charge is 2.07. The van der Waals surface area contributed by atoms with Gasteiger partial charge in [-0.1, -0.05) is 6.92 Å². The van der Waals surface area contributed by atoms with Crippen LogP contribution in [0.25, 0.3) is 5.65 Å². The first kappa shape index (κ1) is 12.6. The van der Waals surface area contributed by atoms with E-state index in [4.69, 9.17) is 5.73 Å². The van der Waals surface area contributed by atoms with Gasteiger partial charge >= 0.3 is 5.69 Å². The van der Waals surface area contributed by atoms with Crippen LogP contribution in [0, 0.1) is 12.8 Å². The molecule has 0 spiro atoms. The number of H-pyrrole nitrogens is 1. The maximum Gasteiger partial charge on any atom is 0.349 e. The van der Waals surface area contributed by atoms with Crippen molar-refractivity contribution in [3.8, 4) is 0 Å². The molecule has 0 saturated carbocycles. The normalized spacial score (nSPS) is 12.8. The molecule has 0 radical (unpaired) electrons. The van der Waals surface area contributed by atoms with Crippen molar-refractivity contribution in [3.05, 3.63) is 22.4 Å². The maximum absolute atomic E-state index is 11.4. The number of aryl methyl sites for hydroxylation is 1. The minimum absolute atomic E-state index is 0.266. The Balaban J connectivity index is 2.17. The van der Waals surface area contributed by atoms with E-state index in [0.717, 1.165) is 18.8 Å². The van der Waals surface area contributed by atoms with Gasteiger partial charge in [0.15, 0.2) is 5.65 Å². The zero-order chi connectivity index (χ0) is 13.1. The average Bonchev–Trinajstić information content (AvgIpc) is 2.69. The molecule has 0 aliphatic rings. The van der Waals surface area contributed by atoms with Crippen molar-refractivity contribution in [1.29, 1.82) is 0 Å². The Morgan fingerprint density at radius 2 is 2.39 bits per heavy atom. The largest absolute Gasteiger partial charge is 0.370 e. The molecule has 0 amide bonds. The van der Waals surface area contributed by atoms with E-state index in [1.165, 1.54) is 4.40 Å². The number of hydrogen-bond acceptors (Lipinski definition) is 5. The summed E-state index contributed by atoms with van der Waals surface area (Å²) >= 11 is 0. The van der Waals surface area contributed by atoms with Gasteiger partial charge in [0.1, 0.15) is 11.6 Å². The Hall–Kier alpha value is -1.89. The van der Waals surface area contributed by atoms with Gasteiger partial charge in [0.2, 0.25) is 0 Å². The SMILES string of the molecule is Cc1nc(NCC(C)CCN)cc2n[nH]c(=O)n12. The molecule has 2 rings (SSSR count). The molecule has 4 N–H and O–H groups in total. The summed E-state index contributed by atoms with van der Waals surface area (Å²) in [6.07, 6.45) is 0.968. The highest BCUT2D eigenvalue weighted by Crippen LogP contribution is 2.09. The summed E-state index contributed by atoms with van der Waals surface area (Å²) in [6.45, 7) is 5.39. The Morgan fingerprint density at radius 1 is 1.61 bits per heavy atom. The summed E-state index contributed by atoms with van der Waals surface area (Å²) < 4.78 is 1.44. The van der Waals surface area contributed by atoms with Gasteiger partial charge in [-0.25, -0.2) is 19.3 Å². The predicted molar refractivity (Wildman–Crippen MR) is 69.7 cm³/mol. The Labute approximate surface area is 104 Å². The second-order valence-electron chi connectivity index (χ2n) is 4.47. The number of anilines is 1. The monoisotopic (exact) mass is 250 g/mol. The summed E-state index contributed by atoms with van der Waals surface area (Å²) in [5.41, 5.74) is 5.81. The van der Waals surface area contributed by atoms with Crippen LogP contribution in [-0.2, 0) is 0 Å². The molecule has 0 aromatic carbocycles. The molecular formula is C11H18N6O. The van der Waals surface area contributed by atoms with E-state index >= 15 is 0 Å². The quantitative estimate of drug-likeness (QED) is 0.700. The van der Waals surface area contributed by atoms with Crippen LogP contribution in [0.4, 0.5) is 5.82 Å². The molecule has 1 atom stereocenters. The number of rotatable bonds is 5. The molecule has 0 aliphatic heterocycles. The molecule has 0 bridgehead atoms. The van der Waals surface area contributed by atoms with Gasteiger partial charge in [-0.2, -0.15) is 5.10 Å². The highest BCUT2D eigenvalue weighted by molar-refractivity contribution is 5.49. The predicted octanol–water partition coefficient (Wildman–Crippen LogP) is 0.123. The van der Waals surface area contributed by atoms with Crippen LogP contribution in [0.5, 0.6) is 0 Å². The second kappa shape index (κ2) is 5.18. The maximum atomic E-state index is 11.4. The van der Waals surface area contributed by atoms with Crippen molar-refractivity contribution in [2.75, 3.05) is 18.4 Å². The van der Waals surface area contributed by atoms with Gasteiger partial charge in [0.05, 0.1) is 0 Å². The van der Waals surface area contributed by atoms with Gasteiger partial charge < -0.3 is 11.1 Å². The number of nitrogens with two attached hydrogens (primary N) is 1. The van der Waals surface area contributed by atoms with E-state index < -0.39 is 0 Å². The Morgan fingerprint density at radius 3 is 3.11 bits per heavy atom. The summed E-state index contributed by atoms with van der Waals surface area (Å²) in [5.74, 6) is 1.82. The summed E-state index contributed by atoms with van der Waals surface area (Å²) in [6, 6.07) is 1.75. The molecule has 1 unspecified atom stereocenters. The van der Waals surface area contributed by atoms with Crippen LogP contribution in [0.2, 0.25) is 0 Å². The molecular weight excluding hydrogens is 232 g/mol. The topological polar surface area (TPSA) is 101 Å². The number of aromatic nitrogens is 4. The number of fused-ring (bicyclic) bond motifs is 1. The van der Waals surface area contributed by atoms with Crippen molar-refractivity contribution in [2.24, 2.45) is 11.7 Å². The first-order valence-electron chi connectivity index (χ1n) is 6.00. The number of hydrogen-bond donors (Lipinski definition) is 3. The van der Waals surface area contributed by atoms with Crippen molar-refractivity contribution in [2.45, 2.75) is 20.3 Å². The summed E-state index contributed by atoms with van der Waals surface area (Å²) in [5, 5.41) is 9.57. The van der Waals surface area contributed by atoms with E-state index in [1.54, 1.807) is 13.0 Å². The average molecular weight is 250 g/mol. The molecule has 2 heterocycles. The number of aromatic amines is 1. The zero-order valence-corrected chi connectivity index (χ0v) is 10.6. The van der Waals surface area contributed by atoms with Gasteiger partial charge in [0, 0.05) is 12.6 Å². The molecule has 2 aromatic heterocycles. The van der Waals surface area contributed by atoms with E-state index in [2.05, 4.69) is 27.4 Å². The fourth-order valence-corrected chi connectivity index (χ4v) is 1.85. The van der Waals surface area contributed by atoms with E-state index in [0.29, 0.717) is 23.9 Å². The molecule has 7 nitrogen and oxygen atoms in total. The third-order valence-electron chi connectivity index (χ3n) is 2.86. The molecule has 0 saturated heterocycles. The van der Waals surface area contributed by atoms with Crippen LogP contribution in [-0.4, -0.2) is 32.7 Å².